The molecule has 2 nitrogen and oxygen atoms in total. The molecule has 2 aromatic carbocycles. The molecule has 0 bridgehead atoms. The molecular weight excluding hydrogens is 387 g/mol. The number of carboxylic acids is 1. The van der Waals surface area contributed by atoms with E-state index in [-0.39, 0.29) is 0 Å². The number of rotatable bonds is 4. The molecule has 0 spiro atoms. The molecule has 0 unspecified atom stereocenters. The summed E-state index contributed by atoms with van der Waals surface area (Å²) in [6.07, 6.45) is 6.68. The van der Waals surface area contributed by atoms with Gasteiger partial charge in [-0.3, -0.25) is 0 Å². The molecule has 0 aromatic heterocycles. The Morgan fingerprint density at radius 1 is 0.955 bits per heavy atom. The van der Waals surface area contributed by atoms with Crippen molar-refractivity contribution < 1.29 is 31.1 Å². The van der Waals surface area contributed by atoms with Gasteiger partial charge in [-0.05, 0) is 0 Å². The van der Waals surface area contributed by atoms with Crippen molar-refractivity contribution in [2.45, 2.75) is 38.0 Å². The quantitative estimate of drug-likeness (QED) is 0.683. The first-order chi connectivity index (χ1) is 10.7. The van der Waals surface area contributed by atoms with Crippen LogP contribution in [0.15, 0.2) is 48.5 Å². The van der Waals surface area contributed by atoms with Crippen LogP contribution in [0.1, 0.15) is 53.9 Å². The maximum absolute atomic E-state index is 11.2. The molecule has 1 aliphatic rings. The molecule has 0 atom stereocenters. The summed E-state index contributed by atoms with van der Waals surface area (Å²) in [5.41, 5.74) is 1.78. The zero-order valence-electron chi connectivity index (χ0n) is 12.4. The van der Waals surface area contributed by atoms with Gasteiger partial charge in [0.05, 0.1) is 0 Å². The van der Waals surface area contributed by atoms with Crippen LogP contribution < -0.4 is 26.3 Å². The molecule has 0 amide bonds. The molecule has 0 N–H and O–H groups in total. The van der Waals surface area contributed by atoms with Gasteiger partial charge < -0.3 is 0 Å². The van der Waals surface area contributed by atoms with Crippen LogP contribution in [0, 0.1) is 7.14 Å². The van der Waals surface area contributed by atoms with Crippen molar-refractivity contribution in [3.05, 3.63) is 66.8 Å². The van der Waals surface area contributed by atoms with E-state index in [1.807, 2.05) is 12.1 Å². The summed E-state index contributed by atoms with van der Waals surface area (Å²) in [5.74, 6) is -0.356. The second-order valence-electron chi connectivity index (χ2n) is 5.75. The fraction of sp³-hybridized carbons (Fsp3) is 0.316. The Hall–Kier alpha value is -1.36. The van der Waals surface area contributed by atoms with Gasteiger partial charge in [0.25, 0.3) is 0 Å². The number of carboxylic acid groups (broad SMARTS) is 1. The van der Waals surface area contributed by atoms with Gasteiger partial charge in [-0.2, -0.15) is 0 Å². The number of halogens is 1. The summed E-state index contributed by atoms with van der Waals surface area (Å²) >= 11 is -0.479. The average molecular weight is 406 g/mol. The van der Waals surface area contributed by atoms with E-state index in [9.17, 15) is 9.90 Å². The van der Waals surface area contributed by atoms with Gasteiger partial charge in [0.15, 0.2) is 0 Å². The number of hydrogen-bond acceptors (Lipinski definition) is 2. The minimum absolute atomic E-state index is 0.339. The minimum atomic E-state index is -1.07. The summed E-state index contributed by atoms with van der Waals surface area (Å²) < 4.78 is 2.18. The third-order valence-corrected chi connectivity index (χ3v) is 7.12. The van der Waals surface area contributed by atoms with Crippen LogP contribution in [-0.2, 0) is 0 Å². The summed E-state index contributed by atoms with van der Waals surface area (Å²) in [6, 6.07) is 16.1. The molecule has 0 aliphatic heterocycles. The molecule has 1 fully saturated rings. The predicted octanol–water partition coefficient (Wildman–Crippen LogP) is 0.226. The van der Waals surface area contributed by atoms with E-state index in [4.69, 9.17) is 0 Å². The molecule has 1 aliphatic carbocycles. The van der Waals surface area contributed by atoms with Crippen LogP contribution in [0.2, 0.25) is 0 Å². The van der Waals surface area contributed by atoms with E-state index in [0.29, 0.717) is 5.56 Å². The Bertz CT molecular complexity index is 643. The van der Waals surface area contributed by atoms with Crippen LogP contribution in [0.4, 0.5) is 0 Å². The molecule has 22 heavy (non-hydrogen) atoms. The fourth-order valence-corrected chi connectivity index (χ4v) is 5.53. The van der Waals surface area contributed by atoms with Gasteiger partial charge >= 0.3 is 142 Å². The van der Waals surface area contributed by atoms with Gasteiger partial charge in [0.1, 0.15) is 0 Å². The van der Waals surface area contributed by atoms with Crippen molar-refractivity contribution in [1.29, 1.82) is 0 Å². The summed E-state index contributed by atoms with van der Waals surface area (Å²) in [4.78, 5) is 11.2. The first-order valence-electron chi connectivity index (χ1n) is 7.79. The molecule has 0 saturated heterocycles. The third-order valence-electron chi connectivity index (χ3n) is 4.25. The van der Waals surface area contributed by atoms with E-state index in [2.05, 4.69) is 24.3 Å². The first kappa shape index (κ1) is 15.5. The SMILES string of the molecule is O=C([O-])c1ccccc1[I-]c1ccc(C2CCCCC2)cc1. The van der Waals surface area contributed by atoms with Gasteiger partial charge in [-0.25, -0.2) is 0 Å². The molecule has 1 saturated carbocycles. The summed E-state index contributed by atoms with van der Waals surface area (Å²) in [6.45, 7) is 0. The Morgan fingerprint density at radius 2 is 1.64 bits per heavy atom. The second kappa shape index (κ2) is 7.27. The van der Waals surface area contributed by atoms with Crippen LogP contribution in [0.25, 0.3) is 0 Å². The topological polar surface area (TPSA) is 40.1 Å². The third kappa shape index (κ3) is 3.69. The molecule has 116 valence electrons. The molecular formula is C19H19IO2-2. The Kier molecular flexibility index (Phi) is 5.13. The number of aromatic carboxylic acids is 1. The summed E-state index contributed by atoms with van der Waals surface area (Å²) in [5, 5.41) is 11.2. The zero-order valence-corrected chi connectivity index (χ0v) is 14.6. The van der Waals surface area contributed by atoms with Gasteiger partial charge in [0.2, 0.25) is 0 Å². The normalized spacial score (nSPS) is 15.8. The Morgan fingerprint density at radius 3 is 2.32 bits per heavy atom. The molecule has 2 aromatic rings. The van der Waals surface area contributed by atoms with Gasteiger partial charge in [-0.1, -0.05) is 0 Å². The van der Waals surface area contributed by atoms with E-state index < -0.39 is 27.2 Å². The van der Waals surface area contributed by atoms with Crippen LogP contribution in [0.3, 0.4) is 0 Å². The average Bonchev–Trinajstić information content (AvgIpc) is 2.57. The summed E-state index contributed by atoms with van der Waals surface area (Å²) in [7, 11) is 0. The van der Waals surface area contributed by atoms with Crippen LogP contribution >= 0.6 is 0 Å². The maximum atomic E-state index is 11.2. The van der Waals surface area contributed by atoms with Gasteiger partial charge in [-0.15, -0.1) is 0 Å². The van der Waals surface area contributed by atoms with Crippen molar-refractivity contribution in [3.63, 3.8) is 0 Å². The predicted molar refractivity (Wildman–Crippen MR) is 80.4 cm³/mol. The monoisotopic (exact) mass is 406 g/mol. The standard InChI is InChI=1S/C19H20IO2/c21-19(22)17-8-4-5-9-18(17)20-16-12-10-15(11-13-16)14-6-2-1-3-7-14/h4-5,8-14H,1-3,6-7H2,(H,21,22)/q-1/p-1. The number of carbonyl (C=O) groups is 1. The van der Waals surface area contributed by atoms with Crippen LogP contribution in [-0.4, -0.2) is 5.97 Å². The number of hydrogen-bond donors (Lipinski definition) is 0. The fourth-order valence-electron chi connectivity index (χ4n) is 3.06. The molecule has 0 heterocycles. The van der Waals surface area contributed by atoms with Crippen molar-refractivity contribution in [3.8, 4) is 0 Å². The van der Waals surface area contributed by atoms with E-state index >= 15 is 0 Å². The van der Waals surface area contributed by atoms with E-state index in [1.54, 1.807) is 12.1 Å². The Labute approximate surface area is 141 Å². The van der Waals surface area contributed by atoms with Crippen molar-refractivity contribution >= 4 is 5.97 Å². The molecule has 3 heteroatoms. The molecule has 3 rings (SSSR count). The zero-order chi connectivity index (χ0) is 15.4. The number of benzene rings is 2. The Balaban J connectivity index is 1.75. The van der Waals surface area contributed by atoms with Crippen LogP contribution in [0.5, 0.6) is 0 Å². The van der Waals surface area contributed by atoms with Gasteiger partial charge in [0, 0.05) is 0 Å². The van der Waals surface area contributed by atoms with Crippen molar-refractivity contribution in [2.24, 2.45) is 0 Å². The van der Waals surface area contributed by atoms with E-state index in [0.717, 1.165) is 9.49 Å². The van der Waals surface area contributed by atoms with Crippen molar-refractivity contribution in [1.82, 2.24) is 0 Å². The van der Waals surface area contributed by atoms with E-state index in [1.165, 1.54) is 41.2 Å². The van der Waals surface area contributed by atoms with Crippen molar-refractivity contribution in [2.75, 3.05) is 0 Å². The number of carbonyl (C=O) groups excluding carboxylic acids is 1. The second-order valence-corrected chi connectivity index (χ2v) is 8.70. The first-order valence-corrected chi connectivity index (χ1v) is 9.95. The molecule has 0 radical (unpaired) electrons.